The monoisotopic (exact) mass is 566 g/mol. The first-order chi connectivity index (χ1) is 18.9. The molecule has 0 spiro atoms. The molecule has 0 aliphatic heterocycles. The third kappa shape index (κ3) is 7.11. The Balaban J connectivity index is 1.28. The van der Waals surface area contributed by atoms with Crippen molar-refractivity contribution in [2.45, 2.75) is 70.0 Å². The number of aromatic nitrogens is 1. The van der Waals surface area contributed by atoms with Gasteiger partial charge in [-0.1, -0.05) is 49.4 Å². The molecule has 2 aliphatic carbocycles. The Morgan fingerprint density at radius 2 is 1.92 bits per heavy atom. The lowest BCUT2D eigenvalue weighted by Gasteiger charge is -2.21. The number of carbonyl (C=O) groups is 2. The highest BCUT2D eigenvalue weighted by Crippen LogP contribution is 2.34. The lowest BCUT2D eigenvalue weighted by atomic mass is 9.97. The fraction of sp³-hybridized carbons (Fsp3) is 0.433. The Kier molecular flexibility index (Phi) is 8.72. The van der Waals surface area contributed by atoms with Crippen LogP contribution in [0.5, 0.6) is 5.75 Å². The quantitative estimate of drug-likeness (QED) is 0.243. The summed E-state index contributed by atoms with van der Waals surface area (Å²) in [5.41, 5.74) is 2.46. The van der Waals surface area contributed by atoms with Gasteiger partial charge < -0.3 is 20.7 Å². The summed E-state index contributed by atoms with van der Waals surface area (Å²) >= 11 is 7.72. The van der Waals surface area contributed by atoms with Crippen LogP contribution in [-0.4, -0.2) is 36.0 Å². The van der Waals surface area contributed by atoms with Crippen molar-refractivity contribution < 1.29 is 14.3 Å². The predicted octanol–water partition coefficient (Wildman–Crippen LogP) is 6.60. The SMILES string of the molecule is COc1cccc(-c2ncc(Cl)cc2N[C@@H](C)c2ccc(C(=O)N[C@@H](CC3CCCC3)C(=O)NC3CC3)s2)c1. The number of pyridine rings is 1. The molecule has 0 unspecified atom stereocenters. The molecule has 0 radical (unpaired) electrons. The molecule has 1 aromatic carbocycles. The largest absolute Gasteiger partial charge is 0.497 e. The van der Waals surface area contributed by atoms with Crippen LogP contribution in [0.2, 0.25) is 5.02 Å². The van der Waals surface area contributed by atoms with Crippen molar-refractivity contribution in [3.63, 3.8) is 0 Å². The molecule has 39 heavy (non-hydrogen) atoms. The van der Waals surface area contributed by atoms with Gasteiger partial charge in [0.1, 0.15) is 11.8 Å². The Bertz CT molecular complexity index is 1320. The molecule has 2 fully saturated rings. The average Bonchev–Trinajstić information content (AvgIpc) is 3.37. The summed E-state index contributed by atoms with van der Waals surface area (Å²) in [5, 5.41) is 10.2. The number of rotatable bonds is 11. The second-order valence-electron chi connectivity index (χ2n) is 10.5. The minimum absolute atomic E-state index is 0.0527. The molecular weight excluding hydrogens is 532 g/mol. The average molecular weight is 567 g/mol. The number of amides is 2. The molecule has 2 atom stereocenters. The predicted molar refractivity (Wildman–Crippen MR) is 157 cm³/mol. The molecule has 0 bridgehead atoms. The second kappa shape index (κ2) is 12.4. The molecule has 5 rings (SSSR count). The maximum Gasteiger partial charge on any atom is 0.262 e. The van der Waals surface area contributed by atoms with E-state index in [2.05, 4.69) is 20.9 Å². The number of carbonyl (C=O) groups excluding carboxylic acids is 2. The fourth-order valence-electron chi connectivity index (χ4n) is 5.13. The van der Waals surface area contributed by atoms with E-state index in [1.54, 1.807) is 13.3 Å². The molecule has 7 nitrogen and oxygen atoms in total. The van der Waals surface area contributed by atoms with E-state index in [0.717, 1.165) is 53.3 Å². The van der Waals surface area contributed by atoms with E-state index in [1.165, 1.54) is 24.2 Å². The molecule has 0 saturated heterocycles. The summed E-state index contributed by atoms with van der Waals surface area (Å²) in [6, 6.07) is 13.0. The van der Waals surface area contributed by atoms with E-state index < -0.39 is 6.04 Å². The van der Waals surface area contributed by atoms with E-state index in [4.69, 9.17) is 16.3 Å². The van der Waals surface area contributed by atoms with Gasteiger partial charge in [0.25, 0.3) is 5.91 Å². The molecule has 206 valence electrons. The maximum absolute atomic E-state index is 13.2. The van der Waals surface area contributed by atoms with Crippen molar-refractivity contribution >= 4 is 40.4 Å². The van der Waals surface area contributed by atoms with Gasteiger partial charge in [-0.05, 0) is 62.4 Å². The van der Waals surface area contributed by atoms with Crippen LogP contribution in [0, 0.1) is 5.92 Å². The first-order valence-electron chi connectivity index (χ1n) is 13.7. The zero-order valence-corrected chi connectivity index (χ0v) is 23.9. The first-order valence-corrected chi connectivity index (χ1v) is 14.9. The van der Waals surface area contributed by atoms with Crippen molar-refractivity contribution in [2.75, 3.05) is 12.4 Å². The Labute approximate surface area is 238 Å². The zero-order valence-electron chi connectivity index (χ0n) is 22.3. The third-order valence-electron chi connectivity index (χ3n) is 7.44. The highest BCUT2D eigenvalue weighted by molar-refractivity contribution is 7.14. The highest BCUT2D eigenvalue weighted by atomic mass is 35.5. The van der Waals surface area contributed by atoms with Gasteiger partial charge in [-0.2, -0.15) is 0 Å². The number of halogens is 1. The van der Waals surface area contributed by atoms with Crippen LogP contribution in [0.25, 0.3) is 11.3 Å². The smallest absolute Gasteiger partial charge is 0.262 e. The molecule has 2 amide bonds. The van der Waals surface area contributed by atoms with E-state index in [-0.39, 0.29) is 23.9 Å². The van der Waals surface area contributed by atoms with Crippen molar-refractivity contribution in [1.82, 2.24) is 15.6 Å². The van der Waals surface area contributed by atoms with Gasteiger partial charge in [0.2, 0.25) is 5.91 Å². The van der Waals surface area contributed by atoms with Crippen molar-refractivity contribution in [3.8, 4) is 17.0 Å². The van der Waals surface area contributed by atoms with E-state index in [9.17, 15) is 9.59 Å². The summed E-state index contributed by atoms with van der Waals surface area (Å²) in [5.74, 6) is 0.986. The molecule has 2 aliphatic rings. The van der Waals surface area contributed by atoms with Crippen LogP contribution < -0.4 is 20.7 Å². The Hall–Kier alpha value is -3.10. The number of ether oxygens (including phenoxy) is 1. The van der Waals surface area contributed by atoms with Crippen molar-refractivity contribution in [2.24, 2.45) is 5.92 Å². The maximum atomic E-state index is 13.2. The number of methoxy groups -OCH3 is 1. The minimum Gasteiger partial charge on any atom is -0.497 e. The van der Waals surface area contributed by atoms with Crippen LogP contribution in [-0.2, 0) is 4.79 Å². The summed E-state index contributed by atoms with van der Waals surface area (Å²) < 4.78 is 5.38. The van der Waals surface area contributed by atoms with Gasteiger partial charge in [0.05, 0.1) is 34.4 Å². The Morgan fingerprint density at radius 1 is 1.13 bits per heavy atom. The number of benzene rings is 1. The second-order valence-corrected chi connectivity index (χ2v) is 12.1. The molecule has 2 heterocycles. The lowest BCUT2D eigenvalue weighted by molar-refractivity contribution is -0.123. The zero-order chi connectivity index (χ0) is 27.4. The first kappa shape index (κ1) is 27.5. The van der Waals surface area contributed by atoms with Crippen molar-refractivity contribution in [1.29, 1.82) is 0 Å². The number of thiophene rings is 1. The van der Waals surface area contributed by atoms with Gasteiger partial charge >= 0.3 is 0 Å². The number of hydrogen-bond acceptors (Lipinski definition) is 6. The molecule has 9 heteroatoms. The minimum atomic E-state index is -0.495. The van der Waals surface area contributed by atoms with Crippen LogP contribution in [0.1, 0.15) is 72.5 Å². The van der Waals surface area contributed by atoms with Gasteiger partial charge in [-0.3, -0.25) is 14.6 Å². The summed E-state index contributed by atoms with van der Waals surface area (Å²) in [4.78, 5) is 32.3. The number of nitrogens with one attached hydrogen (secondary N) is 3. The van der Waals surface area contributed by atoms with E-state index in [0.29, 0.717) is 22.2 Å². The molecule has 3 N–H and O–H groups in total. The van der Waals surface area contributed by atoms with Crippen LogP contribution in [0.3, 0.4) is 0 Å². The van der Waals surface area contributed by atoms with Gasteiger partial charge in [0.15, 0.2) is 0 Å². The van der Waals surface area contributed by atoms with Gasteiger partial charge in [-0.25, -0.2) is 0 Å². The fourth-order valence-corrected chi connectivity index (χ4v) is 6.20. The molecule has 2 aromatic heterocycles. The number of hydrogen-bond donors (Lipinski definition) is 3. The standard InChI is InChI=1S/C30H35ClN4O3S/c1-18(33-24-16-21(31)17-32-28(24)20-8-5-9-23(15-20)38-2)26-12-13-27(39-26)30(37)35-25(14-19-6-3-4-7-19)29(36)34-22-10-11-22/h5,8-9,12-13,15-19,22,25,33H,3-4,6-7,10-11,14H2,1-2H3,(H,34,36)(H,35,37)/t18-,25-/m0/s1. The van der Waals surface area contributed by atoms with E-state index >= 15 is 0 Å². The van der Waals surface area contributed by atoms with Gasteiger partial charge in [-0.15, -0.1) is 11.3 Å². The molecule has 3 aromatic rings. The Morgan fingerprint density at radius 3 is 2.67 bits per heavy atom. The highest BCUT2D eigenvalue weighted by Gasteiger charge is 2.31. The number of nitrogens with zero attached hydrogens (tertiary/aromatic N) is 1. The van der Waals surface area contributed by atoms with E-state index in [1.807, 2.05) is 49.4 Å². The number of anilines is 1. The van der Waals surface area contributed by atoms with Crippen LogP contribution in [0.4, 0.5) is 5.69 Å². The summed E-state index contributed by atoms with van der Waals surface area (Å²) in [6.45, 7) is 2.04. The van der Waals surface area contributed by atoms with Gasteiger partial charge in [0, 0.05) is 22.7 Å². The molecule has 2 saturated carbocycles. The topological polar surface area (TPSA) is 92.3 Å². The summed E-state index contributed by atoms with van der Waals surface area (Å²) in [7, 11) is 1.64. The summed E-state index contributed by atoms with van der Waals surface area (Å²) in [6.07, 6.45) is 9.05. The van der Waals surface area contributed by atoms with Crippen LogP contribution >= 0.6 is 22.9 Å². The third-order valence-corrected chi connectivity index (χ3v) is 8.91. The molecular formula is C30H35ClN4O3S. The van der Waals surface area contributed by atoms with Crippen molar-refractivity contribution in [3.05, 3.63) is 63.4 Å². The normalized spacial score (nSPS) is 16.9. The van der Waals surface area contributed by atoms with Crippen LogP contribution in [0.15, 0.2) is 48.7 Å². The lowest BCUT2D eigenvalue weighted by Crippen LogP contribution is -2.48.